The zero-order chi connectivity index (χ0) is 19.2. The van der Waals surface area contributed by atoms with Gasteiger partial charge >= 0.3 is 0 Å². The Labute approximate surface area is 158 Å². The van der Waals surface area contributed by atoms with E-state index in [2.05, 4.69) is 24.3 Å². The van der Waals surface area contributed by atoms with Gasteiger partial charge in [-0.25, -0.2) is 4.68 Å². The van der Waals surface area contributed by atoms with Gasteiger partial charge in [-0.1, -0.05) is 74.5 Å². The highest BCUT2D eigenvalue weighted by atomic mass is 16.2. The molecule has 3 aromatic rings. The number of carbonyl (C=O) groups is 1. The summed E-state index contributed by atoms with van der Waals surface area (Å²) < 4.78 is 1.32. The summed E-state index contributed by atoms with van der Waals surface area (Å²) >= 11 is 0. The molecule has 0 radical (unpaired) electrons. The van der Waals surface area contributed by atoms with E-state index in [0.717, 1.165) is 11.1 Å². The van der Waals surface area contributed by atoms with E-state index >= 15 is 0 Å². The fourth-order valence-corrected chi connectivity index (χ4v) is 2.95. The van der Waals surface area contributed by atoms with E-state index in [9.17, 15) is 9.59 Å². The maximum atomic E-state index is 12.8. The van der Waals surface area contributed by atoms with E-state index in [0.29, 0.717) is 6.54 Å². The minimum atomic E-state index is -0.292. The normalized spacial score (nSPS) is 12.0. The lowest BCUT2D eigenvalue weighted by molar-refractivity contribution is 0.0918. The number of benzene rings is 2. The van der Waals surface area contributed by atoms with E-state index in [1.807, 2.05) is 60.7 Å². The molecule has 0 aliphatic heterocycles. The highest BCUT2D eigenvalue weighted by Crippen LogP contribution is 2.21. The quantitative estimate of drug-likeness (QED) is 0.732. The molecule has 1 N–H and O–H groups in total. The molecule has 1 atom stereocenters. The number of nitrogens with zero attached hydrogens (tertiary/aromatic N) is 2. The average Bonchev–Trinajstić information content (AvgIpc) is 2.69. The number of carbonyl (C=O) groups excluding carboxylic acids is 1. The second-order valence-electron chi connectivity index (χ2n) is 6.81. The SMILES string of the molecule is CC(C)C(NC(=O)c1ccc(=O)n(Cc2ccccc2)n1)c1ccccc1. The van der Waals surface area contributed by atoms with Gasteiger partial charge in [0.05, 0.1) is 12.6 Å². The average molecular weight is 361 g/mol. The first-order valence-corrected chi connectivity index (χ1v) is 9.02. The van der Waals surface area contributed by atoms with E-state index < -0.39 is 0 Å². The van der Waals surface area contributed by atoms with Crippen LogP contribution in [0.1, 0.15) is 41.5 Å². The molecule has 138 valence electrons. The second kappa shape index (κ2) is 8.45. The highest BCUT2D eigenvalue weighted by Gasteiger charge is 2.20. The molecule has 1 amide bonds. The van der Waals surface area contributed by atoms with E-state index in [-0.39, 0.29) is 29.1 Å². The molecule has 5 heteroatoms. The van der Waals surface area contributed by atoms with Crippen LogP contribution in [-0.2, 0) is 6.54 Å². The number of rotatable bonds is 6. The van der Waals surface area contributed by atoms with Gasteiger partial charge in [0.25, 0.3) is 11.5 Å². The molecule has 1 unspecified atom stereocenters. The summed E-state index contributed by atoms with van der Waals surface area (Å²) in [6.07, 6.45) is 0. The fourth-order valence-electron chi connectivity index (χ4n) is 2.95. The maximum absolute atomic E-state index is 12.8. The Morgan fingerprint density at radius 2 is 1.59 bits per heavy atom. The van der Waals surface area contributed by atoms with Crippen LogP contribution in [0, 0.1) is 5.92 Å². The molecule has 27 heavy (non-hydrogen) atoms. The van der Waals surface area contributed by atoms with Crippen molar-refractivity contribution in [2.75, 3.05) is 0 Å². The summed E-state index contributed by atoms with van der Waals surface area (Å²) in [4.78, 5) is 24.9. The van der Waals surface area contributed by atoms with Crippen molar-refractivity contribution >= 4 is 5.91 Å². The monoisotopic (exact) mass is 361 g/mol. The third kappa shape index (κ3) is 4.70. The summed E-state index contributed by atoms with van der Waals surface area (Å²) in [6.45, 7) is 4.44. The van der Waals surface area contributed by atoms with Gasteiger partial charge in [-0.05, 0) is 23.1 Å². The zero-order valence-corrected chi connectivity index (χ0v) is 15.5. The Morgan fingerprint density at radius 3 is 2.22 bits per heavy atom. The molecular formula is C22H23N3O2. The fraction of sp³-hybridized carbons (Fsp3) is 0.227. The number of aromatic nitrogens is 2. The topological polar surface area (TPSA) is 64.0 Å². The van der Waals surface area contributed by atoms with Crippen molar-refractivity contribution in [3.05, 3.63) is 100.0 Å². The lowest BCUT2D eigenvalue weighted by Gasteiger charge is -2.22. The molecule has 0 bridgehead atoms. The molecular weight excluding hydrogens is 338 g/mol. The molecule has 0 saturated carbocycles. The number of amides is 1. The van der Waals surface area contributed by atoms with Gasteiger partial charge in [0.15, 0.2) is 0 Å². The molecule has 1 aromatic heterocycles. The van der Waals surface area contributed by atoms with Crippen molar-refractivity contribution < 1.29 is 4.79 Å². The summed E-state index contributed by atoms with van der Waals surface area (Å²) in [5.41, 5.74) is 1.98. The first-order valence-electron chi connectivity index (χ1n) is 9.02. The van der Waals surface area contributed by atoms with Crippen LogP contribution in [0.15, 0.2) is 77.6 Å². The van der Waals surface area contributed by atoms with Crippen molar-refractivity contribution in [1.82, 2.24) is 15.1 Å². The van der Waals surface area contributed by atoms with Gasteiger partial charge < -0.3 is 5.32 Å². The minimum absolute atomic E-state index is 0.130. The van der Waals surface area contributed by atoms with Crippen LogP contribution in [0.5, 0.6) is 0 Å². The smallest absolute Gasteiger partial charge is 0.272 e. The summed E-state index contributed by atoms with van der Waals surface area (Å²) in [5, 5.41) is 7.31. The molecule has 0 aliphatic carbocycles. The van der Waals surface area contributed by atoms with Crippen molar-refractivity contribution in [3.63, 3.8) is 0 Å². The van der Waals surface area contributed by atoms with Gasteiger partial charge in [0, 0.05) is 6.07 Å². The van der Waals surface area contributed by atoms with Crippen molar-refractivity contribution in [2.24, 2.45) is 5.92 Å². The molecule has 0 aliphatic rings. The van der Waals surface area contributed by atoms with E-state index in [1.54, 1.807) is 0 Å². The van der Waals surface area contributed by atoms with Gasteiger partial charge in [0.1, 0.15) is 5.69 Å². The van der Waals surface area contributed by atoms with Crippen molar-refractivity contribution in [2.45, 2.75) is 26.4 Å². The molecule has 0 fully saturated rings. The van der Waals surface area contributed by atoms with Crippen LogP contribution in [0.3, 0.4) is 0 Å². The Morgan fingerprint density at radius 1 is 0.963 bits per heavy atom. The largest absolute Gasteiger partial charge is 0.344 e. The Kier molecular flexibility index (Phi) is 5.81. The van der Waals surface area contributed by atoms with Crippen molar-refractivity contribution in [1.29, 1.82) is 0 Å². The number of hydrogen-bond donors (Lipinski definition) is 1. The summed E-state index contributed by atoms with van der Waals surface area (Å²) in [7, 11) is 0. The molecule has 3 rings (SSSR count). The van der Waals surface area contributed by atoms with Crippen LogP contribution >= 0.6 is 0 Å². The Balaban J connectivity index is 1.82. The second-order valence-corrected chi connectivity index (χ2v) is 6.81. The lowest BCUT2D eigenvalue weighted by atomic mass is 9.96. The van der Waals surface area contributed by atoms with Gasteiger partial charge in [0.2, 0.25) is 0 Å². The molecule has 0 spiro atoms. The molecule has 1 heterocycles. The predicted octanol–water partition coefficient (Wildman–Crippen LogP) is 3.42. The zero-order valence-electron chi connectivity index (χ0n) is 15.5. The first kappa shape index (κ1) is 18.6. The van der Waals surface area contributed by atoms with Crippen LogP contribution in [0.25, 0.3) is 0 Å². The maximum Gasteiger partial charge on any atom is 0.272 e. The Bertz CT molecular complexity index is 950. The van der Waals surface area contributed by atoms with Crippen LogP contribution in [0.4, 0.5) is 0 Å². The van der Waals surface area contributed by atoms with Crippen LogP contribution in [-0.4, -0.2) is 15.7 Å². The molecule has 0 saturated heterocycles. The third-order valence-electron chi connectivity index (χ3n) is 4.39. The highest BCUT2D eigenvalue weighted by molar-refractivity contribution is 5.92. The molecule has 2 aromatic carbocycles. The van der Waals surface area contributed by atoms with Gasteiger partial charge in [-0.2, -0.15) is 5.10 Å². The summed E-state index contributed by atoms with van der Waals surface area (Å²) in [6, 6.07) is 22.1. The summed E-state index contributed by atoms with van der Waals surface area (Å²) in [5.74, 6) is -0.0778. The lowest BCUT2D eigenvalue weighted by Crippen LogP contribution is -2.34. The van der Waals surface area contributed by atoms with Crippen molar-refractivity contribution in [3.8, 4) is 0 Å². The van der Waals surface area contributed by atoms with E-state index in [1.165, 1.54) is 16.8 Å². The van der Waals surface area contributed by atoms with Crippen LogP contribution in [0.2, 0.25) is 0 Å². The number of hydrogen-bond acceptors (Lipinski definition) is 3. The molecule has 5 nitrogen and oxygen atoms in total. The third-order valence-corrected chi connectivity index (χ3v) is 4.39. The standard InChI is InChI=1S/C22H23N3O2/c1-16(2)21(18-11-7-4-8-12-18)23-22(27)19-13-14-20(26)25(24-19)15-17-9-5-3-6-10-17/h3-14,16,21H,15H2,1-2H3,(H,23,27). The minimum Gasteiger partial charge on any atom is -0.344 e. The van der Waals surface area contributed by atoms with E-state index in [4.69, 9.17) is 0 Å². The van der Waals surface area contributed by atoms with Gasteiger partial charge in [-0.15, -0.1) is 0 Å². The van der Waals surface area contributed by atoms with Gasteiger partial charge in [-0.3, -0.25) is 9.59 Å². The Hall–Kier alpha value is -3.21. The first-order chi connectivity index (χ1) is 13.0. The van der Waals surface area contributed by atoms with Crippen LogP contribution < -0.4 is 10.9 Å². The number of nitrogens with one attached hydrogen (secondary N) is 1. The predicted molar refractivity (Wildman–Crippen MR) is 106 cm³/mol.